The van der Waals surface area contributed by atoms with Gasteiger partial charge in [0.05, 0.1) is 28.6 Å². The largest absolute Gasteiger partial charge is 0.481 e. The predicted octanol–water partition coefficient (Wildman–Crippen LogP) is 3.24. The van der Waals surface area contributed by atoms with Crippen LogP contribution in [-0.4, -0.2) is 75.2 Å². The number of aliphatic hydroxyl groups is 1. The van der Waals surface area contributed by atoms with E-state index in [0.29, 0.717) is 36.5 Å². The fourth-order valence-electron chi connectivity index (χ4n) is 5.93. The Morgan fingerprint density at radius 1 is 1.29 bits per heavy atom. The Labute approximate surface area is 218 Å². The van der Waals surface area contributed by atoms with E-state index in [1.54, 1.807) is 30.3 Å². The number of rotatable bonds is 11. The number of aliphatic hydroxyl groups excluding tert-OH is 1. The van der Waals surface area contributed by atoms with E-state index >= 15 is 0 Å². The van der Waals surface area contributed by atoms with Crippen LogP contribution in [0.4, 0.5) is 5.69 Å². The summed E-state index contributed by atoms with van der Waals surface area (Å²) in [6.45, 7) is 4.36. The number of para-hydroxylation sites is 1. The summed E-state index contributed by atoms with van der Waals surface area (Å²) in [4.78, 5) is 42.9. The molecule has 2 bridgehead atoms. The Bertz CT molecular complexity index is 1010. The number of likely N-dealkylation sites (tertiary alicyclic amines) is 1. The van der Waals surface area contributed by atoms with Crippen LogP contribution in [0, 0.1) is 11.8 Å². The van der Waals surface area contributed by atoms with Crippen molar-refractivity contribution in [3.05, 3.63) is 41.9 Å². The highest BCUT2D eigenvalue weighted by molar-refractivity contribution is 9.09. The quantitative estimate of drug-likeness (QED) is 0.241. The number of carbonyl (C=O) groups excluding carboxylic acids is 2. The van der Waals surface area contributed by atoms with E-state index in [-0.39, 0.29) is 29.8 Å². The number of aliphatic carboxylic acids is 1. The van der Waals surface area contributed by atoms with Crippen molar-refractivity contribution in [1.29, 1.82) is 0 Å². The first-order valence-corrected chi connectivity index (χ1v) is 13.2. The average molecular weight is 570 g/mol. The van der Waals surface area contributed by atoms with Crippen molar-refractivity contribution in [2.24, 2.45) is 11.8 Å². The number of ether oxygens (including phenoxy) is 1. The third kappa shape index (κ3) is 4.41. The monoisotopic (exact) mass is 568 g/mol. The molecule has 6 atom stereocenters. The lowest BCUT2D eigenvalue weighted by Gasteiger charge is -2.37. The number of anilines is 1. The number of fused-ring (bicyclic) bond motifs is 1. The lowest BCUT2D eigenvalue weighted by Crippen LogP contribution is -2.57. The molecule has 3 heterocycles. The minimum Gasteiger partial charge on any atom is -0.481 e. The summed E-state index contributed by atoms with van der Waals surface area (Å²) in [6, 6.07) is 5.98. The van der Waals surface area contributed by atoms with Gasteiger partial charge in [-0.1, -0.05) is 58.6 Å². The summed E-state index contributed by atoms with van der Waals surface area (Å²) in [6.07, 6.45) is 4.14. The van der Waals surface area contributed by atoms with Crippen LogP contribution in [-0.2, 0) is 19.1 Å². The second kappa shape index (κ2) is 10.6. The lowest BCUT2D eigenvalue weighted by molar-refractivity contribution is -0.149. The number of carboxylic acid groups (broad SMARTS) is 1. The van der Waals surface area contributed by atoms with Crippen molar-refractivity contribution in [2.75, 3.05) is 24.6 Å². The van der Waals surface area contributed by atoms with Gasteiger partial charge < -0.3 is 24.7 Å². The van der Waals surface area contributed by atoms with Crippen molar-refractivity contribution >= 4 is 51.0 Å². The molecule has 4 rings (SSSR count). The second-order valence-electron chi connectivity index (χ2n) is 9.36. The molecule has 3 fully saturated rings. The SMILES string of the molecule is C=CCN(C(=O)C1N(CCCCCCO)C(=O)[C@@H]2[C@@H](C(=O)O)[C@@H]3OC12CC3Br)c1ccccc1Cl. The smallest absolute Gasteiger partial charge is 0.310 e. The van der Waals surface area contributed by atoms with Gasteiger partial charge in [0.2, 0.25) is 5.91 Å². The first kappa shape index (κ1) is 26.1. The molecule has 2 N–H and O–H groups in total. The van der Waals surface area contributed by atoms with Crippen LogP contribution in [0.2, 0.25) is 5.02 Å². The van der Waals surface area contributed by atoms with Gasteiger partial charge >= 0.3 is 5.97 Å². The van der Waals surface area contributed by atoms with Crippen LogP contribution < -0.4 is 4.90 Å². The van der Waals surface area contributed by atoms with Gasteiger partial charge in [-0.25, -0.2) is 0 Å². The molecule has 3 unspecified atom stereocenters. The minimum atomic E-state index is -1.23. The highest BCUT2D eigenvalue weighted by Gasteiger charge is 2.76. The Kier molecular flexibility index (Phi) is 7.90. The first-order valence-electron chi connectivity index (χ1n) is 11.9. The number of benzene rings is 1. The summed E-state index contributed by atoms with van der Waals surface area (Å²) in [7, 11) is 0. The standard InChI is InChI=1S/C25H30BrClN2O6/c1-2-11-28(17-10-6-5-9-16(17)27)23(32)21-25-14-15(26)20(35-25)18(24(33)34)19(25)22(31)29(21)12-7-3-4-8-13-30/h2,5-6,9-10,15,18-21,30H,1,3-4,7-8,11-14H2,(H,33,34)/t15?,18-,19+,20-,21?,25?/m1/s1. The molecule has 0 aromatic heterocycles. The number of hydrogen-bond donors (Lipinski definition) is 2. The maximum atomic E-state index is 14.2. The molecule has 35 heavy (non-hydrogen) atoms. The van der Waals surface area contributed by atoms with Gasteiger partial charge in [-0.05, 0) is 31.4 Å². The van der Waals surface area contributed by atoms with Crippen LogP contribution in [0.25, 0.3) is 0 Å². The van der Waals surface area contributed by atoms with Crippen molar-refractivity contribution in [2.45, 2.75) is 54.7 Å². The third-order valence-corrected chi connectivity index (χ3v) is 8.50. The molecular weight excluding hydrogens is 540 g/mol. The molecule has 0 radical (unpaired) electrons. The zero-order valence-electron chi connectivity index (χ0n) is 19.3. The topological polar surface area (TPSA) is 107 Å². The molecule has 8 nitrogen and oxygen atoms in total. The summed E-state index contributed by atoms with van der Waals surface area (Å²) in [5, 5.41) is 19.4. The Hall–Kier alpha value is -1.94. The number of hydrogen-bond acceptors (Lipinski definition) is 5. The minimum absolute atomic E-state index is 0.103. The van der Waals surface area contributed by atoms with Crippen molar-refractivity contribution in [1.82, 2.24) is 4.90 Å². The van der Waals surface area contributed by atoms with Crippen LogP contribution in [0.3, 0.4) is 0 Å². The maximum Gasteiger partial charge on any atom is 0.310 e. The summed E-state index contributed by atoms with van der Waals surface area (Å²) in [5.41, 5.74) is -0.742. The van der Waals surface area contributed by atoms with Gasteiger partial charge in [-0.2, -0.15) is 0 Å². The highest BCUT2D eigenvalue weighted by Crippen LogP contribution is 2.60. The maximum absolute atomic E-state index is 14.2. The Balaban J connectivity index is 1.73. The molecule has 10 heteroatoms. The van der Waals surface area contributed by atoms with Crippen LogP contribution in [0.5, 0.6) is 0 Å². The lowest BCUT2D eigenvalue weighted by atomic mass is 9.70. The average Bonchev–Trinajstić information content (AvgIpc) is 3.41. The number of nitrogens with zero attached hydrogens (tertiary/aromatic N) is 2. The highest BCUT2D eigenvalue weighted by atomic mass is 79.9. The van der Waals surface area contributed by atoms with E-state index in [1.807, 2.05) is 0 Å². The molecule has 3 saturated heterocycles. The molecule has 2 amide bonds. The van der Waals surface area contributed by atoms with E-state index in [0.717, 1.165) is 12.8 Å². The van der Waals surface area contributed by atoms with Gasteiger partial charge in [0, 0.05) is 24.5 Å². The summed E-state index contributed by atoms with van der Waals surface area (Å²) < 4.78 is 6.31. The predicted molar refractivity (Wildman–Crippen MR) is 135 cm³/mol. The van der Waals surface area contributed by atoms with E-state index in [9.17, 15) is 19.5 Å². The van der Waals surface area contributed by atoms with Crippen molar-refractivity contribution < 1.29 is 29.3 Å². The zero-order valence-corrected chi connectivity index (χ0v) is 21.7. The molecule has 0 saturated carbocycles. The molecule has 0 aliphatic carbocycles. The van der Waals surface area contributed by atoms with Crippen molar-refractivity contribution in [3.8, 4) is 0 Å². The normalized spacial score (nSPS) is 31.0. The number of carbonyl (C=O) groups is 3. The van der Waals surface area contributed by atoms with Gasteiger partial charge in [0.25, 0.3) is 5.91 Å². The molecule has 3 aliphatic rings. The van der Waals surface area contributed by atoms with Gasteiger partial charge in [-0.15, -0.1) is 6.58 Å². The fraction of sp³-hybridized carbons (Fsp3) is 0.560. The molecule has 1 aromatic rings. The Morgan fingerprint density at radius 2 is 2.00 bits per heavy atom. The van der Waals surface area contributed by atoms with E-state index in [4.69, 9.17) is 21.4 Å². The molecule has 1 aromatic carbocycles. The first-order chi connectivity index (χ1) is 16.8. The van der Waals surface area contributed by atoms with Gasteiger partial charge in [0.15, 0.2) is 0 Å². The van der Waals surface area contributed by atoms with Gasteiger partial charge in [0.1, 0.15) is 11.6 Å². The van der Waals surface area contributed by atoms with Crippen LogP contribution >= 0.6 is 27.5 Å². The molecule has 190 valence electrons. The fourth-order valence-corrected chi connectivity index (χ4v) is 7.11. The van der Waals surface area contributed by atoms with E-state index in [1.165, 1.54) is 9.80 Å². The van der Waals surface area contributed by atoms with E-state index < -0.39 is 35.6 Å². The summed E-state index contributed by atoms with van der Waals surface area (Å²) in [5.74, 6) is -3.76. The zero-order chi connectivity index (χ0) is 25.3. The number of amides is 2. The van der Waals surface area contributed by atoms with E-state index in [2.05, 4.69) is 22.5 Å². The second-order valence-corrected chi connectivity index (χ2v) is 10.9. The van der Waals surface area contributed by atoms with Crippen LogP contribution in [0.1, 0.15) is 32.1 Å². The molecule has 1 spiro atoms. The Morgan fingerprint density at radius 3 is 2.66 bits per heavy atom. The third-order valence-electron chi connectivity index (χ3n) is 7.34. The number of alkyl halides is 1. The van der Waals surface area contributed by atoms with Gasteiger partial charge in [-0.3, -0.25) is 14.4 Å². The summed E-state index contributed by atoms with van der Waals surface area (Å²) >= 11 is 9.99. The number of carboxylic acids is 1. The number of unbranched alkanes of at least 4 members (excludes halogenated alkanes) is 3. The van der Waals surface area contributed by atoms with Crippen LogP contribution in [0.15, 0.2) is 36.9 Å². The number of halogens is 2. The molecule has 3 aliphatic heterocycles. The molecular formula is C25H30BrClN2O6. The van der Waals surface area contributed by atoms with Crippen molar-refractivity contribution in [3.63, 3.8) is 0 Å².